The van der Waals surface area contributed by atoms with E-state index in [1.54, 1.807) is 30.3 Å². The minimum atomic E-state index is -3.75. The number of thiophene rings is 1. The highest BCUT2D eigenvalue weighted by atomic mass is 35.5. The molecule has 7 nitrogen and oxygen atoms in total. The van der Waals surface area contributed by atoms with Crippen LogP contribution in [0.5, 0.6) is 5.75 Å². The number of aldehydes is 1. The summed E-state index contributed by atoms with van der Waals surface area (Å²) in [5.74, 6) is -5.33. The monoisotopic (exact) mass is 681 g/mol. The molecule has 1 aromatic heterocycles. The van der Waals surface area contributed by atoms with Gasteiger partial charge in [-0.05, 0) is 112 Å². The second kappa shape index (κ2) is 15.5. The quantitative estimate of drug-likeness (QED) is 0.110. The Morgan fingerprint density at radius 1 is 0.979 bits per heavy atom. The molecule has 0 spiro atoms. The van der Waals surface area contributed by atoms with Gasteiger partial charge in [0.15, 0.2) is 6.04 Å². The fraction of sp³-hybridized carbons (Fsp3) is 0.361. The normalized spacial score (nSPS) is 16.7. The number of carbonyl (C=O) groups excluding carboxylic acids is 3. The smallest absolute Gasteiger partial charge is 0.299 e. The Bertz CT molecular complexity index is 1670. The maximum absolute atomic E-state index is 15.2. The van der Waals surface area contributed by atoms with Crippen molar-refractivity contribution in [3.8, 4) is 16.9 Å². The molecular formula is C36H38ClF2N3O4S. The molecule has 47 heavy (non-hydrogen) atoms. The van der Waals surface area contributed by atoms with Gasteiger partial charge < -0.3 is 25.5 Å². The molecule has 1 saturated heterocycles. The first-order valence-electron chi connectivity index (χ1n) is 15.7. The Kier molecular flexibility index (Phi) is 11.4. The van der Waals surface area contributed by atoms with Crippen LogP contribution in [0.25, 0.3) is 21.2 Å². The molecular weight excluding hydrogens is 644 g/mol. The first-order valence-corrected chi connectivity index (χ1v) is 16.9. The molecule has 1 aliphatic carbocycles. The van der Waals surface area contributed by atoms with E-state index in [1.807, 2.05) is 17.4 Å². The van der Waals surface area contributed by atoms with Crippen molar-refractivity contribution in [2.24, 2.45) is 5.73 Å². The van der Waals surface area contributed by atoms with Gasteiger partial charge >= 0.3 is 0 Å². The molecule has 1 unspecified atom stereocenters. The van der Waals surface area contributed by atoms with Crippen molar-refractivity contribution in [1.29, 1.82) is 0 Å². The summed E-state index contributed by atoms with van der Waals surface area (Å²) < 4.78 is 37.2. The summed E-state index contributed by atoms with van der Waals surface area (Å²) in [6, 6.07) is 17.4. The average Bonchev–Trinajstić information content (AvgIpc) is 3.75. The first kappa shape index (κ1) is 34.6. The third-order valence-corrected chi connectivity index (χ3v) is 9.90. The molecule has 1 saturated carbocycles. The van der Waals surface area contributed by atoms with Crippen LogP contribution in [0.2, 0.25) is 5.02 Å². The largest absolute Gasteiger partial charge is 0.490 e. The Morgan fingerprint density at radius 3 is 2.19 bits per heavy atom. The van der Waals surface area contributed by atoms with E-state index in [0.717, 1.165) is 52.7 Å². The van der Waals surface area contributed by atoms with E-state index in [9.17, 15) is 14.4 Å². The van der Waals surface area contributed by atoms with Crippen molar-refractivity contribution < 1.29 is 27.9 Å². The van der Waals surface area contributed by atoms with Gasteiger partial charge in [0.1, 0.15) is 12.0 Å². The van der Waals surface area contributed by atoms with Gasteiger partial charge in [0, 0.05) is 21.3 Å². The van der Waals surface area contributed by atoms with Crippen molar-refractivity contribution in [2.75, 3.05) is 20.1 Å². The molecule has 248 valence electrons. The van der Waals surface area contributed by atoms with Crippen LogP contribution in [-0.4, -0.2) is 61.2 Å². The number of Topliss-reactive ketones (excluding diaryl/α,β-unsaturated/α-hetero) is 1. The number of likely N-dealkylation sites (tertiary alicyclic amines) is 1. The number of ketones is 1. The molecule has 11 heteroatoms. The van der Waals surface area contributed by atoms with Crippen LogP contribution in [0, 0.1) is 0 Å². The van der Waals surface area contributed by atoms with Crippen LogP contribution >= 0.6 is 22.9 Å². The van der Waals surface area contributed by atoms with E-state index in [-0.39, 0.29) is 17.3 Å². The number of hydrogen-bond donors (Lipinski definition) is 2. The second-order valence-corrected chi connectivity index (χ2v) is 13.6. The number of nitrogens with two attached hydrogens (primary N) is 1. The van der Waals surface area contributed by atoms with Gasteiger partial charge in [0.2, 0.25) is 0 Å². The highest BCUT2D eigenvalue weighted by Gasteiger charge is 2.43. The molecule has 4 aromatic rings. The summed E-state index contributed by atoms with van der Waals surface area (Å²) in [6.07, 6.45) is 6.74. The minimum absolute atomic E-state index is 0.0597. The molecule has 1 amide bonds. The Labute approximate surface area is 282 Å². The van der Waals surface area contributed by atoms with Gasteiger partial charge in [0.05, 0.1) is 11.0 Å². The predicted molar refractivity (Wildman–Crippen MR) is 183 cm³/mol. The summed E-state index contributed by atoms with van der Waals surface area (Å²) in [6.45, 7) is 2.36. The Morgan fingerprint density at radius 2 is 1.60 bits per heavy atom. The highest BCUT2D eigenvalue weighted by molar-refractivity contribution is 7.21. The van der Waals surface area contributed by atoms with Gasteiger partial charge in [-0.2, -0.15) is 8.78 Å². The van der Waals surface area contributed by atoms with Crippen LogP contribution in [0.15, 0.2) is 72.8 Å². The summed E-state index contributed by atoms with van der Waals surface area (Å²) in [7, 11) is 2.14. The number of benzene rings is 3. The number of ether oxygens (including phenoxy) is 1. The predicted octanol–water partition coefficient (Wildman–Crippen LogP) is 7.24. The van der Waals surface area contributed by atoms with E-state index in [4.69, 9.17) is 22.1 Å². The number of hydrogen-bond acceptors (Lipinski definition) is 7. The molecule has 2 fully saturated rings. The van der Waals surface area contributed by atoms with Crippen LogP contribution in [0.3, 0.4) is 0 Å². The Balaban J connectivity index is 0.000000474. The maximum Gasteiger partial charge on any atom is 0.299 e. The number of fused-ring (bicyclic) bond motifs is 1. The summed E-state index contributed by atoms with van der Waals surface area (Å²) in [5, 5.41) is 3.20. The standard InChI is InChI=1S/C30H24ClF2NO4S.C6H14N2/c31-22-12-7-19(8-13-22)18-5-10-21(11-6-18)30(32,33)27(17-35)34-29(37)28(36)26-15-20-9-14-24(16-25(20)39-26)38-23-3-1-2-4-23;1-8-4-2-6(7)3-5-8/h5-17,23,27H,1-4H2,(H,34,37);6H,2-5,7H2,1H3. The van der Waals surface area contributed by atoms with Crippen LogP contribution in [0.1, 0.15) is 53.8 Å². The molecule has 2 aliphatic rings. The van der Waals surface area contributed by atoms with Crippen LogP contribution in [0.4, 0.5) is 8.78 Å². The number of amides is 1. The fourth-order valence-corrected chi connectivity index (χ4v) is 6.81. The van der Waals surface area contributed by atoms with Crippen molar-refractivity contribution >= 4 is 51.0 Å². The zero-order chi connectivity index (χ0) is 33.6. The molecule has 3 N–H and O–H groups in total. The third-order valence-electron chi connectivity index (χ3n) is 8.55. The molecule has 1 atom stereocenters. The van der Waals surface area contributed by atoms with E-state index >= 15 is 8.78 Å². The van der Waals surface area contributed by atoms with Gasteiger partial charge in [0.25, 0.3) is 17.6 Å². The maximum atomic E-state index is 15.2. The molecule has 6 rings (SSSR count). The molecule has 2 heterocycles. The summed E-state index contributed by atoms with van der Waals surface area (Å²) in [4.78, 5) is 39.5. The minimum Gasteiger partial charge on any atom is -0.490 e. The number of halogens is 3. The number of rotatable bonds is 9. The fourth-order valence-electron chi connectivity index (χ4n) is 5.66. The zero-order valence-corrected chi connectivity index (χ0v) is 27.7. The lowest BCUT2D eigenvalue weighted by molar-refractivity contribution is -0.129. The second-order valence-electron chi connectivity index (χ2n) is 12.1. The van der Waals surface area contributed by atoms with Gasteiger partial charge in [-0.15, -0.1) is 11.3 Å². The number of nitrogens with zero attached hydrogens (tertiary/aromatic N) is 1. The van der Waals surface area contributed by atoms with Crippen molar-refractivity contribution in [1.82, 2.24) is 10.2 Å². The van der Waals surface area contributed by atoms with E-state index in [1.165, 1.54) is 56.3 Å². The molecule has 1 aliphatic heterocycles. The van der Waals surface area contributed by atoms with E-state index in [0.29, 0.717) is 22.4 Å². The number of piperidine rings is 1. The zero-order valence-electron chi connectivity index (χ0n) is 26.1. The van der Waals surface area contributed by atoms with Crippen LogP contribution < -0.4 is 15.8 Å². The van der Waals surface area contributed by atoms with E-state index in [2.05, 4.69) is 11.9 Å². The van der Waals surface area contributed by atoms with E-state index < -0.39 is 29.2 Å². The lowest BCUT2D eigenvalue weighted by Crippen LogP contribution is -2.49. The molecule has 0 bridgehead atoms. The van der Waals surface area contributed by atoms with Gasteiger partial charge in [-0.25, -0.2) is 0 Å². The number of alkyl halides is 2. The van der Waals surface area contributed by atoms with Crippen molar-refractivity contribution in [3.63, 3.8) is 0 Å². The van der Waals surface area contributed by atoms with Gasteiger partial charge in [-0.3, -0.25) is 9.59 Å². The van der Waals surface area contributed by atoms with Gasteiger partial charge in [-0.1, -0.05) is 48.0 Å². The summed E-state index contributed by atoms with van der Waals surface area (Å²) >= 11 is 6.97. The van der Waals surface area contributed by atoms with Crippen molar-refractivity contribution in [2.45, 2.75) is 62.6 Å². The molecule has 0 radical (unpaired) electrons. The SMILES string of the molecule is CN1CCC(N)CC1.O=CC(NC(=O)C(=O)c1cc2ccc(OC3CCCC3)cc2s1)C(F)(F)c1ccc(-c2ccc(Cl)cc2)cc1. The summed E-state index contributed by atoms with van der Waals surface area (Å²) in [5.41, 5.74) is 6.65. The number of nitrogens with one attached hydrogen (secondary N) is 1. The van der Waals surface area contributed by atoms with Crippen LogP contribution in [-0.2, 0) is 15.5 Å². The molecule has 3 aromatic carbocycles. The average molecular weight is 682 g/mol. The Hall–Kier alpha value is -3.70. The lowest BCUT2D eigenvalue weighted by atomic mass is 9.98. The first-order chi connectivity index (χ1) is 22.5. The topological polar surface area (TPSA) is 102 Å². The lowest BCUT2D eigenvalue weighted by Gasteiger charge is -2.25. The number of carbonyl (C=O) groups is 3. The third kappa shape index (κ3) is 8.81. The highest BCUT2D eigenvalue weighted by Crippen LogP contribution is 2.34. The van der Waals surface area contributed by atoms with Crippen molar-refractivity contribution in [3.05, 3.63) is 88.3 Å².